The van der Waals surface area contributed by atoms with Gasteiger partial charge in [-0.05, 0) is 23.8 Å². The van der Waals surface area contributed by atoms with Crippen LogP contribution in [0.1, 0.15) is 17.0 Å². The molecule has 0 heterocycles. The first-order chi connectivity index (χ1) is 8.22. The van der Waals surface area contributed by atoms with Crippen LogP contribution in [0.25, 0.3) is 0 Å². The second kappa shape index (κ2) is 5.15. The lowest BCUT2D eigenvalue weighted by atomic mass is 9.92. The van der Waals surface area contributed by atoms with Gasteiger partial charge < -0.3 is 9.90 Å². The number of hydrogen-bond donors (Lipinski definition) is 1. The molecule has 0 radical (unpaired) electrons. The topological polar surface area (TPSA) is 37.3 Å². The first-order valence-corrected chi connectivity index (χ1v) is 6.00. The number of carbonyl (C=O) groups excluding carboxylic acids is 1. The molecule has 3 heteroatoms. The van der Waals surface area contributed by atoms with Crippen molar-refractivity contribution in [1.29, 1.82) is 0 Å². The fourth-order valence-corrected chi connectivity index (χ4v) is 2.15. The van der Waals surface area contributed by atoms with Crippen LogP contribution >= 0.6 is 15.9 Å². The van der Waals surface area contributed by atoms with Crippen LogP contribution in [0.4, 0.5) is 0 Å². The highest BCUT2D eigenvalue weighted by Crippen LogP contribution is 2.31. The minimum absolute atomic E-state index is 0.133. The lowest BCUT2D eigenvalue weighted by Crippen LogP contribution is -2.02. The Morgan fingerprint density at radius 2 is 1.82 bits per heavy atom. The van der Waals surface area contributed by atoms with Gasteiger partial charge in [0.1, 0.15) is 12.0 Å². The maximum atomic E-state index is 11.2. The molecular formula is C14H11BrO2. The normalized spacial score (nSPS) is 12.1. The Morgan fingerprint density at radius 3 is 2.47 bits per heavy atom. The lowest BCUT2D eigenvalue weighted by Gasteiger charge is -2.13. The second-order valence-corrected chi connectivity index (χ2v) is 4.64. The number of aldehydes is 1. The molecule has 0 amide bonds. The van der Waals surface area contributed by atoms with Gasteiger partial charge in [-0.1, -0.05) is 46.3 Å². The fraction of sp³-hybridized carbons (Fsp3) is 0.0714. The molecule has 17 heavy (non-hydrogen) atoms. The largest absolute Gasteiger partial charge is 0.508 e. The summed E-state index contributed by atoms with van der Waals surface area (Å²) in [5.74, 6) is -0.303. The van der Waals surface area contributed by atoms with E-state index >= 15 is 0 Å². The van der Waals surface area contributed by atoms with E-state index in [1.54, 1.807) is 18.2 Å². The van der Waals surface area contributed by atoms with E-state index in [0.717, 1.165) is 16.3 Å². The molecule has 0 saturated carbocycles. The summed E-state index contributed by atoms with van der Waals surface area (Å²) in [6, 6.07) is 14.5. The average molecular weight is 291 g/mol. The van der Waals surface area contributed by atoms with Crippen molar-refractivity contribution in [3.63, 3.8) is 0 Å². The molecule has 0 aliphatic rings. The maximum absolute atomic E-state index is 11.2. The highest BCUT2D eigenvalue weighted by atomic mass is 79.9. The van der Waals surface area contributed by atoms with Crippen LogP contribution < -0.4 is 0 Å². The van der Waals surface area contributed by atoms with Gasteiger partial charge in [0.05, 0.1) is 5.92 Å². The molecule has 0 bridgehead atoms. The third kappa shape index (κ3) is 2.56. The smallest absolute Gasteiger partial charge is 0.131 e. The van der Waals surface area contributed by atoms with Gasteiger partial charge in [0, 0.05) is 10.0 Å². The van der Waals surface area contributed by atoms with Gasteiger partial charge in [-0.3, -0.25) is 0 Å². The highest BCUT2D eigenvalue weighted by Gasteiger charge is 2.16. The molecule has 0 saturated heterocycles. The first-order valence-electron chi connectivity index (χ1n) is 5.21. The molecule has 1 unspecified atom stereocenters. The Labute approximate surface area is 108 Å². The van der Waals surface area contributed by atoms with Crippen LogP contribution in [0, 0.1) is 0 Å². The molecule has 0 aliphatic heterocycles. The number of halogens is 1. The SMILES string of the molecule is O=CC(c1ccccc1)c1cc(Br)ccc1O. The molecular weight excluding hydrogens is 280 g/mol. The van der Waals surface area contributed by atoms with E-state index in [-0.39, 0.29) is 5.75 Å². The predicted molar refractivity (Wildman–Crippen MR) is 70.2 cm³/mol. The zero-order valence-electron chi connectivity index (χ0n) is 9.01. The molecule has 0 aromatic heterocycles. The van der Waals surface area contributed by atoms with Gasteiger partial charge in [0.2, 0.25) is 0 Å². The predicted octanol–water partition coefficient (Wildman–Crippen LogP) is 3.49. The van der Waals surface area contributed by atoms with E-state index in [1.807, 2.05) is 30.3 Å². The van der Waals surface area contributed by atoms with Crippen molar-refractivity contribution in [2.75, 3.05) is 0 Å². The van der Waals surface area contributed by atoms with Crippen LogP contribution in [0.3, 0.4) is 0 Å². The summed E-state index contributed by atoms with van der Waals surface area (Å²) in [4.78, 5) is 11.2. The molecule has 2 rings (SSSR count). The van der Waals surface area contributed by atoms with Crippen molar-refractivity contribution in [3.8, 4) is 5.75 Å². The van der Waals surface area contributed by atoms with Gasteiger partial charge in [-0.2, -0.15) is 0 Å². The Balaban J connectivity index is 2.49. The number of rotatable bonds is 3. The van der Waals surface area contributed by atoms with Gasteiger partial charge >= 0.3 is 0 Å². The Kier molecular flexibility index (Phi) is 3.59. The minimum Gasteiger partial charge on any atom is -0.508 e. The van der Waals surface area contributed by atoms with E-state index in [9.17, 15) is 9.90 Å². The summed E-state index contributed by atoms with van der Waals surface area (Å²) in [6.45, 7) is 0. The molecule has 0 spiro atoms. The van der Waals surface area contributed by atoms with Crippen molar-refractivity contribution in [3.05, 3.63) is 64.1 Å². The van der Waals surface area contributed by atoms with Gasteiger partial charge in [0.25, 0.3) is 0 Å². The fourth-order valence-electron chi connectivity index (χ4n) is 1.77. The number of carbonyl (C=O) groups is 1. The third-order valence-electron chi connectivity index (χ3n) is 2.62. The highest BCUT2D eigenvalue weighted by molar-refractivity contribution is 9.10. The van der Waals surface area contributed by atoms with Crippen LogP contribution in [-0.4, -0.2) is 11.4 Å². The number of aromatic hydroxyl groups is 1. The molecule has 86 valence electrons. The first kappa shape index (κ1) is 11.9. The summed E-state index contributed by atoms with van der Waals surface area (Å²) >= 11 is 3.34. The Morgan fingerprint density at radius 1 is 1.12 bits per heavy atom. The Hall–Kier alpha value is -1.61. The summed E-state index contributed by atoms with van der Waals surface area (Å²) < 4.78 is 0.841. The summed E-state index contributed by atoms with van der Waals surface area (Å²) in [6.07, 6.45) is 0.844. The monoisotopic (exact) mass is 290 g/mol. The van der Waals surface area contributed by atoms with Gasteiger partial charge in [-0.25, -0.2) is 0 Å². The number of hydrogen-bond acceptors (Lipinski definition) is 2. The Bertz CT molecular complexity index is 523. The standard InChI is InChI=1S/C14H11BrO2/c15-11-6-7-14(17)12(8-11)13(9-16)10-4-2-1-3-5-10/h1-9,13,17H. The molecule has 0 fully saturated rings. The average Bonchev–Trinajstić information content (AvgIpc) is 2.36. The number of phenolic OH excluding ortho intramolecular Hbond substituents is 1. The lowest BCUT2D eigenvalue weighted by molar-refractivity contribution is -0.108. The third-order valence-corrected chi connectivity index (χ3v) is 3.11. The molecule has 1 atom stereocenters. The number of benzene rings is 2. The van der Waals surface area contributed by atoms with Crippen molar-refractivity contribution in [2.24, 2.45) is 0 Å². The molecule has 2 aromatic carbocycles. The van der Waals surface area contributed by atoms with E-state index in [1.165, 1.54) is 0 Å². The zero-order valence-corrected chi connectivity index (χ0v) is 10.6. The van der Waals surface area contributed by atoms with E-state index in [2.05, 4.69) is 15.9 Å². The van der Waals surface area contributed by atoms with Crippen molar-refractivity contribution >= 4 is 22.2 Å². The van der Waals surface area contributed by atoms with Gasteiger partial charge in [0.15, 0.2) is 0 Å². The molecule has 2 nitrogen and oxygen atoms in total. The van der Waals surface area contributed by atoms with Gasteiger partial charge in [-0.15, -0.1) is 0 Å². The molecule has 1 N–H and O–H groups in total. The quantitative estimate of drug-likeness (QED) is 0.879. The molecule has 2 aromatic rings. The zero-order chi connectivity index (χ0) is 12.3. The summed E-state index contributed by atoms with van der Waals surface area (Å²) in [7, 11) is 0. The minimum atomic E-state index is -0.436. The van der Waals surface area contributed by atoms with Crippen molar-refractivity contribution in [1.82, 2.24) is 0 Å². The van der Waals surface area contributed by atoms with Crippen LogP contribution in [0.15, 0.2) is 53.0 Å². The van der Waals surface area contributed by atoms with Crippen molar-refractivity contribution < 1.29 is 9.90 Å². The van der Waals surface area contributed by atoms with Crippen LogP contribution in [0.5, 0.6) is 5.75 Å². The van der Waals surface area contributed by atoms with E-state index in [0.29, 0.717) is 5.56 Å². The number of phenols is 1. The maximum Gasteiger partial charge on any atom is 0.131 e. The summed E-state index contributed by atoms with van der Waals surface area (Å²) in [5, 5.41) is 9.82. The van der Waals surface area contributed by atoms with Crippen molar-refractivity contribution in [2.45, 2.75) is 5.92 Å². The van der Waals surface area contributed by atoms with E-state index in [4.69, 9.17) is 0 Å². The van der Waals surface area contributed by atoms with Crippen LogP contribution in [-0.2, 0) is 4.79 Å². The van der Waals surface area contributed by atoms with Crippen LogP contribution in [0.2, 0.25) is 0 Å². The molecule has 0 aliphatic carbocycles. The van der Waals surface area contributed by atoms with E-state index < -0.39 is 5.92 Å². The summed E-state index contributed by atoms with van der Waals surface area (Å²) in [5.41, 5.74) is 1.48. The second-order valence-electron chi connectivity index (χ2n) is 3.73.